The maximum absolute atomic E-state index is 12.6. The number of nitrogens with one attached hydrogen (secondary N) is 1. The number of pyridine rings is 1. The van der Waals surface area contributed by atoms with E-state index in [1.54, 1.807) is 24.3 Å². The van der Waals surface area contributed by atoms with Crippen LogP contribution in [0.5, 0.6) is 0 Å². The molecule has 0 atom stereocenters. The molecule has 0 saturated heterocycles. The van der Waals surface area contributed by atoms with E-state index in [0.29, 0.717) is 17.8 Å². The lowest BCUT2D eigenvalue weighted by Gasteiger charge is -2.12. The minimum Gasteiger partial charge on any atom is -0.366 e. The molecule has 0 fully saturated rings. The second-order valence-corrected chi connectivity index (χ2v) is 6.68. The highest BCUT2D eigenvalue weighted by molar-refractivity contribution is 6.08. The Morgan fingerprint density at radius 3 is 2.54 bits per heavy atom. The molecule has 6 nitrogen and oxygen atoms in total. The molecule has 0 bridgehead atoms. The van der Waals surface area contributed by atoms with Crippen LogP contribution in [0.3, 0.4) is 0 Å². The van der Waals surface area contributed by atoms with Crippen molar-refractivity contribution in [3.05, 3.63) is 99.0 Å². The fourth-order valence-corrected chi connectivity index (χ4v) is 2.94. The van der Waals surface area contributed by atoms with Gasteiger partial charge in [-0.1, -0.05) is 35.9 Å². The fraction of sp³-hybridized carbons (Fsp3) is 0.136. The van der Waals surface area contributed by atoms with E-state index in [0.717, 1.165) is 16.7 Å². The largest absolute Gasteiger partial charge is 0.366 e. The van der Waals surface area contributed by atoms with Crippen molar-refractivity contribution in [2.75, 3.05) is 5.32 Å². The number of benzene rings is 2. The SMILES string of the molecule is Cc1ccc(C)c(Cn2cc(C(=O)Nc3ccccc3C(N)=O)ccc2=O)c1. The van der Waals surface area contributed by atoms with E-state index in [-0.39, 0.29) is 11.1 Å². The molecular weight excluding hydrogens is 354 g/mol. The lowest BCUT2D eigenvalue weighted by Crippen LogP contribution is -2.23. The molecule has 1 heterocycles. The van der Waals surface area contributed by atoms with Gasteiger partial charge in [0.2, 0.25) is 0 Å². The third-order valence-corrected chi connectivity index (χ3v) is 4.53. The van der Waals surface area contributed by atoms with E-state index >= 15 is 0 Å². The summed E-state index contributed by atoms with van der Waals surface area (Å²) in [5.74, 6) is -1.06. The number of carbonyl (C=O) groups is 2. The van der Waals surface area contributed by atoms with Crippen molar-refractivity contribution >= 4 is 17.5 Å². The van der Waals surface area contributed by atoms with Crippen molar-refractivity contribution in [3.8, 4) is 0 Å². The van der Waals surface area contributed by atoms with Gasteiger partial charge in [0.25, 0.3) is 17.4 Å². The van der Waals surface area contributed by atoms with Gasteiger partial charge in [0.05, 0.1) is 23.4 Å². The molecule has 1 aromatic heterocycles. The van der Waals surface area contributed by atoms with Crippen LogP contribution in [0.15, 0.2) is 65.6 Å². The maximum Gasteiger partial charge on any atom is 0.257 e. The zero-order valence-corrected chi connectivity index (χ0v) is 15.7. The van der Waals surface area contributed by atoms with Gasteiger partial charge in [0.1, 0.15) is 0 Å². The topological polar surface area (TPSA) is 94.2 Å². The molecule has 3 N–H and O–H groups in total. The summed E-state index contributed by atoms with van der Waals surface area (Å²) >= 11 is 0. The fourth-order valence-electron chi connectivity index (χ4n) is 2.94. The summed E-state index contributed by atoms with van der Waals surface area (Å²) in [5, 5.41) is 2.68. The van der Waals surface area contributed by atoms with Gasteiger partial charge >= 0.3 is 0 Å². The molecule has 0 unspecified atom stereocenters. The van der Waals surface area contributed by atoms with Crippen LogP contribution in [0, 0.1) is 13.8 Å². The summed E-state index contributed by atoms with van der Waals surface area (Å²) in [6, 6.07) is 15.4. The number of aromatic nitrogens is 1. The van der Waals surface area contributed by atoms with Gasteiger partial charge in [-0.25, -0.2) is 0 Å². The Morgan fingerprint density at radius 2 is 1.79 bits per heavy atom. The molecule has 0 aliphatic rings. The highest BCUT2D eigenvalue weighted by Gasteiger charge is 2.13. The number of rotatable bonds is 5. The number of para-hydroxylation sites is 1. The van der Waals surface area contributed by atoms with Crippen LogP contribution < -0.4 is 16.6 Å². The molecule has 28 heavy (non-hydrogen) atoms. The third-order valence-electron chi connectivity index (χ3n) is 4.53. The van der Waals surface area contributed by atoms with E-state index in [9.17, 15) is 14.4 Å². The Balaban J connectivity index is 1.89. The first-order valence-corrected chi connectivity index (χ1v) is 8.82. The van der Waals surface area contributed by atoms with E-state index in [1.807, 2.05) is 32.0 Å². The number of hydrogen-bond acceptors (Lipinski definition) is 3. The average Bonchev–Trinajstić information content (AvgIpc) is 2.66. The van der Waals surface area contributed by atoms with Crippen LogP contribution in [0.1, 0.15) is 37.4 Å². The third kappa shape index (κ3) is 4.17. The Hall–Kier alpha value is -3.67. The number of anilines is 1. The quantitative estimate of drug-likeness (QED) is 0.718. The smallest absolute Gasteiger partial charge is 0.257 e. The van der Waals surface area contributed by atoms with Crippen LogP contribution in [-0.4, -0.2) is 16.4 Å². The molecule has 0 radical (unpaired) electrons. The monoisotopic (exact) mass is 375 g/mol. The van der Waals surface area contributed by atoms with Crippen LogP contribution >= 0.6 is 0 Å². The number of hydrogen-bond donors (Lipinski definition) is 2. The Labute approximate surface area is 162 Å². The van der Waals surface area contributed by atoms with Gasteiger partial charge in [-0.2, -0.15) is 0 Å². The van der Waals surface area contributed by atoms with Crippen LogP contribution in [-0.2, 0) is 6.54 Å². The molecular formula is C22H21N3O3. The first-order chi connectivity index (χ1) is 13.3. The molecule has 3 rings (SSSR count). The summed E-state index contributed by atoms with van der Waals surface area (Å²) in [7, 11) is 0. The zero-order valence-electron chi connectivity index (χ0n) is 15.7. The van der Waals surface area contributed by atoms with Gasteiger partial charge in [0.15, 0.2) is 0 Å². The van der Waals surface area contributed by atoms with E-state index in [4.69, 9.17) is 5.73 Å². The predicted molar refractivity (Wildman–Crippen MR) is 109 cm³/mol. The number of nitrogens with zero attached hydrogens (tertiary/aromatic N) is 1. The van der Waals surface area contributed by atoms with Crippen molar-refractivity contribution in [2.45, 2.75) is 20.4 Å². The van der Waals surface area contributed by atoms with E-state index in [1.165, 1.54) is 22.9 Å². The lowest BCUT2D eigenvalue weighted by molar-refractivity contribution is 0.100. The van der Waals surface area contributed by atoms with Gasteiger partial charge in [0, 0.05) is 12.3 Å². The van der Waals surface area contributed by atoms with Gasteiger partial charge in [-0.05, 0) is 43.2 Å². The van der Waals surface area contributed by atoms with E-state index in [2.05, 4.69) is 5.32 Å². The first kappa shape index (κ1) is 19.1. The minimum absolute atomic E-state index is 0.199. The lowest BCUT2D eigenvalue weighted by atomic mass is 10.1. The standard InChI is InChI=1S/C22H21N3O3/c1-14-7-8-15(2)17(11-14)13-25-12-16(9-10-20(25)26)22(28)24-19-6-4-3-5-18(19)21(23)27/h3-12H,13H2,1-2H3,(H2,23,27)(H,24,28). The number of aryl methyl sites for hydroxylation is 2. The van der Waals surface area contributed by atoms with Crippen molar-refractivity contribution in [1.29, 1.82) is 0 Å². The van der Waals surface area contributed by atoms with Gasteiger partial charge in [-0.15, -0.1) is 0 Å². The highest BCUT2D eigenvalue weighted by Crippen LogP contribution is 2.16. The van der Waals surface area contributed by atoms with Crippen LogP contribution in [0.25, 0.3) is 0 Å². The highest BCUT2D eigenvalue weighted by atomic mass is 16.2. The first-order valence-electron chi connectivity index (χ1n) is 8.82. The molecule has 0 aliphatic heterocycles. The second kappa shape index (κ2) is 7.92. The van der Waals surface area contributed by atoms with Crippen molar-refractivity contribution in [3.63, 3.8) is 0 Å². The van der Waals surface area contributed by atoms with Gasteiger partial charge < -0.3 is 15.6 Å². The summed E-state index contributed by atoms with van der Waals surface area (Å²) in [6.45, 7) is 4.34. The molecule has 2 amide bonds. The zero-order chi connectivity index (χ0) is 20.3. The number of amides is 2. The Bertz CT molecular complexity index is 1120. The molecule has 0 aliphatic carbocycles. The van der Waals surface area contributed by atoms with Crippen molar-refractivity contribution < 1.29 is 9.59 Å². The van der Waals surface area contributed by atoms with Gasteiger partial charge in [-0.3, -0.25) is 14.4 Å². The molecule has 2 aromatic carbocycles. The Morgan fingerprint density at radius 1 is 1.04 bits per heavy atom. The summed E-state index contributed by atoms with van der Waals surface area (Å²) in [5.41, 5.74) is 9.19. The summed E-state index contributed by atoms with van der Waals surface area (Å²) in [4.78, 5) is 36.4. The number of carbonyl (C=O) groups excluding carboxylic acids is 2. The molecule has 0 saturated carbocycles. The molecule has 142 valence electrons. The molecule has 6 heteroatoms. The maximum atomic E-state index is 12.6. The summed E-state index contributed by atoms with van der Waals surface area (Å²) in [6.07, 6.45) is 1.52. The number of primary amides is 1. The van der Waals surface area contributed by atoms with Crippen LogP contribution in [0.2, 0.25) is 0 Å². The number of nitrogens with two attached hydrogens (primary N) is 1. The van der Waals surface area contributed by atoms with Crippen molar-refractivity contribution in [2.24, 2.45) is 5.73 Å². The summed E-state index contributed by atoms with van der Waals surface area (Å²) < 4.78 is 1.50. The minimum atomic E-state index is -0.629. The Kier molecular flexibility index (Phi) is 5.40. The van der Waals surface area contributed by atoms with Crippen molar-refractivity contribution in [1.82, 2.24) is 4.57 Å². The average molecular weight is 375 g/mol. The predicted octanol–water partition coefficient (Wildman–Crippen LogP) is 2.86. The second-order valence-electron chi connectivity index (χ2n) is 6.68. The molecule has 3 aromatic rings. The van der Waals surface area contributed by atoms with Crippen LogP contribution in [0.4, 0.5) is 5.69 Å². The van der Waals surface area contributed by atoms with E-state index < -0.39 is 11.8 Å². The normalized spacial score (nSPS) is 10.5. The molecule has 0 spiro atoms.